The fourth-order valence-electron chi connectivity index (χ4n) is 1.55. The SMILES string of the molecule is CCCCCC(=O)Nc1c(Cl)cc(C(=O)O)cc1Cl. The lowest BCUT2D eigenvalue weighted by Crippen LogP contribution is -2.12. The zero-order valence-electron chi connectivity index (χ0n) is 10.5. The number of hydrogen-bond acceptors (Lipinski definition) is 2. The van der Waals surface area contributed by atoms with E-state index < -0.39 is 5.97 Å². The number of anilines is 1. The Labute approximate surface area is 121 Å². The molecule has 0 aromatic heterocycles. The molecule has 6 heteroatoms. The fraction of sp³-hybridized carbons (Fsp3) is 0.385. The number of nitrogens with one attached hydrogen (secondary N) is 1. The number of carbonyl (C=O) groups excluding carboxylic acids is 1. The molecule has 0 radical (unpaired) electrons. The number of carboxylic acids is 1. The van der Waals surface area contributed by atoms with Crippen molar-refractivity contribution in [2.24, 2.45) is 0 Å². The Kier molecular flexibility index (Phi) is 6.12. The Bertz CT molecular complexity index is 466. The molecule has 0 aliphatic heterocycles. The number of carbonyl (C=O) groups is 2. The van der Waals surface area contributed by atoms with Crippen molar-refractivity contribution < 1.29 is 14.7 Å². The fourth-order valence-corrected chi connectivity index (χ4v) is 2.14. The van der Waals surface area contributed by atoms with Gasteiger partial charge in [-0.25, -0.2) is 4.79 Å². The minimum absolute atomic E-state index is 0.0148. The topological polar surface area (TPSA) is 66.4 Å². The lowest BCUT2D eigenvalue weighted by Gasteiger charge is -2.10. The third-order valence-corrected chi connectivity index (χ3v) is 3.16. The van der Waals surface area contributed by atoms with Crippen LogP contribution in [0.15, 0.2) is 12.1 Å². The van der Waals surface area contributed by atoms with Gasteiger partial charge in [-0.1, -0.05) is 43.0 Å². The van der Waals surface area contributed by atoms with Crippen molar-refractivity contribution in [1.29, 1.82) is 0 Å². The maximum atomic E-state index is 11.7. The van der Waals surface area contributed by atoms with Crippen molar-refractivity contribution in [3.8, 4) is 0 Å². The van der Waals surface area contributed by atoms with Crippen molar-refractivity contribution in [2.45, 2.75) is 32.6 Å². The molecule has 0 aliphatic carbocycles. The Morgan fingerprint density at radius 2 is 1.79 bits per heavy atom. The summed E-state index contributed by atoms with van der Waals surface area (Å²) in [5, 5.41) is 11.7. The minimum Gasteiger partial charge on any atom is -0.478 e. The van der Waals surface area contributed by atoms with Crippen LogP contribution < -0.4 is 5.32 Å². The Morgan fingerprint density at radius 3 is 2.26 bits per heavy atom. The zero-order valence-corrected chi connectivity index (χ0v) is 12.0. The van der Waals surface area contributed by atoms with Crippen molar-refractivity contribution in [3.05, 3.63) is 27.7 Å². The van der Waals surface area contributed by atoms with Gasteiger partial charge in [0, 0.05) is 6.42 Å². The van der Waals surface area contributed by atoms with Gasteiger partial charge in [-0.05, 0) is 18.6 Å². The smallest absolute Gasteiger partial charge is 0.335 e. The van der Waals surface area contributed by atoms with Crippen LogP contribution in [-0.4, -0.2) is 17.0 Å². The number of rotatable bonds is 6. The Morgan fingerprint density at radius 1 is 1.21 bits per heavy atom. The van der Waals surface area contributed by atoms with Gasteiger partial charge in [0.25, 0.3) is 0 Å². The second kappa shape index (κ2) is 7.36. The van der Waals surface area contributed by atoms with Gasteiger partial charge in [0.15, 0.2) is 0 Å². The van der Waals surface area contributed by atoms with Crippen molar-refractivity contribution in [3.63, 3.8) is 0 Å². The number of amides is 1. The molecule has 0 heterocycles. The van der Waals surface area contributed by atoms with Crippen LogP contribution in [0.4, 0.5) is 5.69 Å². The van der Waals surface area contributed by atoms with Crippen molar-refractivity contribution in [2.75, 3.05) is 5.32 Å². The quantitative estimate of drug-likeness (QED) is 0.774. The molecule has 19 heavy (non-hydrogen) atoms. The summed E-state index contributed by atoms with van der Waals surface area (Å²) >= 11 is 11.8. The number of benzene rings is 1. The second-order valence-corrected chi connectivity index (χ2v) is 4.94. The number of unbranched alkanes of at least 4 members (excludes halogenated alkanes) is 2. The van der Waals surface area contributed by atoms with Gasteiger partial charge in [-0.15, -0.1) is 0 Å². The summed E-state index contributed by atoms with van der Waals surface area (Å²) in [6.45, 7) is 2.05. The lowest BCUT2D eigenvalue weighted by atomic mass is 10.2. The normalized spacial score (nSPS) is 10.3. The lowest BCUT2D eigenvalue weighted by molar-refractivity contribution is -0.116. The molecular formula is C13H15Cl2NO3. The van der Waals surface area contributed by atoms with E-state index in [1.54, 1.807) is 0 Å². The molecule has 0 bridgehead atoms. The Balaban J connectivity index is 2.79. The molecule has 1 rings (SSSR count). The van der Waals surface area contributed by atoms with Crippen LogP contribution in [0.5, 0.6) is 0 Å². The van der Waals surface area contributed by atoms with E-state index in [9.17, 15) is 9.59 Å². The summed E-state index contributed by atoms with van der Waals surface area (Å²) in [6, 6.07) is 2.52. The van der Waals surface area contributed by atoms with Crippen molar-refractivity contribution >= 4 is 40.8 Å². The third-order valence-electron chi connectivity index (χ3n) is 2.56. The number of halogens is 2. The molecule has 1 aromatic carbocycles. The number of aromatic carboxylic acids is 1. The molecule has 1 amide bonds. The first-order valence-electron chi connectivity index (χ1n) is 5.98. The number of carboxylic acid groups (broad SMARTS) is 1. The molecule has 4 nitrogen and oxygen atoms in total. The van der Waals surface area contributed by atoms with Gasteiger partial charge in [0.1, 0.15) is 0 Å². The maximum absolute atomic E-state index is 11.7. The number of hydrogen-bond donors (Lipinski definition) is 2. The van der Waals surface area contributed by atoms with Gasteiger partial charge >= 0.3 is 5.97 Å². The van der Waals surface area contributed by atoms with E-state index in [1.807, 2.05) is 0 Å². The van der Waals surface area contributed by atoms with Gasteiger partial charge < -0.3 is 10.4 Å². The minimum atomic E-state index is -1.12. The van der Waals surface area contributed by atoms with E-state index in [4.69, 9.17) is 28.3 Å². The molecule has 0 fully saturated rings. The molecule has 0 atom stereocenters. The highest BCUT2D eigenvalue weighted by Crippen LogP contribution is 2.32. The van der Waals surface area contributed by atoms with Crippen LogP contribution in [0, 0.1) is 0 Å². The highest BCUT2D eigenvalue weighted by Gasteiger charge is 2.14. The van der Waals surface area contributed by atoms with Crippen LogP contribution in [0.1, 0.15) is 43.0 Å². The highest BCUT2D eigenvalue weighted by atomic mass is 35.5. The molecule has 104 valence electrons. The van der Waals surface area contributed by atoms with E-state index in [0.29, 0.717) is 6.42 Å². The summed E-state index contributed by atoms with van der Waals surface area (Å²) in [7, 11) is 0. The monoisotopic (exact) mass is 303 g/mol. The van der Waals surface area contributed by atoms with Crippen LogP contribution in [0.25, 0.3) is 0 Å². The summed E-state index contributed by atoms with van der Waals surface area (Å²) in [5.41, 5.74) is 0.244. The van der Waals surface area contributed by atoms with Gasteiger partial charge in [-0.2, -0.15) is 0 Å². The third kappa shape index (κ3) is 4.73. The molecular weight excluding hydrogens is 289 g/mol. The molecule has 1 aromatic rings. The summed E-state index contributed by atoms with van der Waals surface area (Å²) in [6.07, 6.45) is 3.20. The van der Waals surface area contributed by atoms with E-state index >= 15 is 0 Å². The summed E-state index contributed by atoms with van der Waals surface area (Å²) < 4.78 is 0. The van der Waals surface area contributed by atoms with Gasteiger partial charge in [0.2, 0.25) is 5.91 Å². The van der Waals surface area contributed by atoms with Gasteiger partial charge in [-0.3, -0.25) is 4.79 Å². The molecule has 0 spiro atoms. The van der Waals surface area contributed by atoms with Crippen LogP contribution >= 0.6 is 23.2 Å². The van der Waals surface area contributed by atoms with Gasteiger partial charge in [0.05, 0.1) is 21.3 Å². The predicted molar refractivity (Wildman–Crippen MR) is 76.2 cm³/mol. The molecule has 2 N–H and O–H groups in total. The van der Waals surface area contributed by atoms with E-state index in [1.165, 1.54) is 12.1 Å². The zero-order chi connectivity index (χ0) is 14.4. The summed E-state index contributed by atoms with van der Waals surface area (Å²) in [5.74, 6) is -1.30. The van der Waals surface area contributed by atoms with E-state index in [-0.39, 0.29) is 27.2 Å². The van der Waals surface area contributed by atoms with Crippen molar-refractivity contribution in [1.82, 2.24) is 0 Å². The first kappa shape index (κ1) is 15.8. The molecule has 0 unspecified atom stereocenters. The largest absolute Gasteiger partial charge is 0.478 e. The van der Waals surface area contributed by atoms with E-state index in [2.05, 4.69) is 12.2 Å². The average Bonchev–Trinajstić information content (AvgIpc) is 2.33. The first-order chi connectivity index (χ1) is 8.95. The highest BCUT2D eigenvalue weighted by molar-refractivity contribution is 6.40. The van der Waals surface area contributed by atoms with E-state index in [0.717, 1.165) is 19.3 Å². The first-order valence-corrected chi connectivity index (χ1v) is 6.73. The standard InChI is InChI=1S/C13H15Cl2NO3/c1-2-3-4-5-11(17)16-12-9(14)6-8(13(18)19)7-10(12)15/h6-7H,2-5H2,1H3,(H,16,17)(H,18,19). The van der Waals surface area contributed by atoms with Crippen LogP contribution in [-0.2, 0) is 4.79 Å². The predicted octanol–water partition coefficient (Wildman–Crippen LogP) is 4.21. The molecule has 0 aliphatic rings. The van der Waals surface area contributed by atoms with Crippen LogP contribution in [0.2, 0.25) is 10.0 Å². The molecule has 0 saturated carbocycles. The average molecular weight is 304 g/mol. The molecule has 0 saturated heterocycles. The Hall–Kier alpha value is -1.26. The maximum Gasteiger partial charge on any atom is 0.335 e. The van der Waals surface area contributed by atoms with Crippen LogP contribution in [0.3, 0.4) is 0 Å². The second-order valence-electron chi connectivity index (χ2n) is 4.13. The summed E-state index contributed by atoms with van der Waals surface area (Å²) in [4.78, 5) is 22.5.